The summed E-state index contributed by atoms with van der Waals surface area (Å²) < 4.78 is 0. The molecule has 4 rings (SSSR count). The predicted molar refractivity (Wildman–Crippen MR) is 87.8 cm³/mol. The zero-order valence-corrected chi connectivity index (χ0v) is 13.6. The molecule has 0 aromatic carbocycles. The van der Waals surface area contributed by atoms with Gasteiger partial charge >= 0.3 is 0 Å². The van der Waals surface area contributed by atoms with E-state index in [2.05, 4.69) is 0 Å². The van der Waals surface area contributed by atoms with Crippen LogP contribution in [0.5, 0.6) is 0 Å². The molecule has 0 heterocycles. The molecule has 0 N–H and O–H groups in total. The Bertz CT molecular complexity index is 189. The van der Waals surface area contributed by atoms with E-state index in [0.717, 1.165) is 23.7 Å². The smallest absolute Gasteiger partial charge is 0.0386 e. The third-order valence-electron chi connectivity index (χ3n) is 6.93. The number of fused-ring (bicyclic) bond motifs is 2. The molecule has 0 saturated heterocycles. The average Bonchev–Trinajstić information content (AvgIpc) is 2.56. The maximum absolute atomic E-state index is 1.56. The van der Waals surface area contributed by atoms with Crippen molar-refractivity contribution >= 4 is 0 Å². The summed E-state index contributed by atoms with van der Waals surface area (Å²) in [6.07, 6.45) is 24.7. The van der Waals surface area contributed by atoms with Gasteiger partial charge in [0.05, 0.1) is 0 Å². The summed E-state index contributed by atoms with van der Waals surface area (Å²) in [5.41, 5.74) is 0. The van der Waals surface area contributed by atoms with Crippen molar-refractivity contribution < 1.29 is 0 Å². The fraction of sp³-hybridized carbons (Fsp3) is 1.00. The van der Waals surface area contributed by atoms with Crippen LogP contribution in [-0.2, 0) is 0 Å². The molecule has 4 saturated carbocycles. The Hall–Kier alpha value is 0. The van der Waals surface area contributed by atoms with E-state index in [0.29, 0.717) is 0 Å². The third-order valence-corrected chi connectivity index (χ3v) is 6.93. The van der Waals surface area contributed by atoms with Crippen molar-refractivity contribution in [3.63, 3.8) is 0 Å². The SMILES string of the molecule is C1CCC2CCCCC2C1.C1CC[C@H]2CCCC[C@H]2C1. The van der Waals surface area contributed by atoms with Gasteiger partial charge in [-0.1, -0.05) is 103 Å². The first-order valence-electron chi connectivity index (χ1n) is 9.93. The second-order valence-electron chi connectivity index (χ2n) is 8.18. The molecular formula is C20H36. The highest BCUT2D eigenvalue weighted by molar-refractivity contribution is 4.79. The lowest BCUT2D eigenvalue weighted by atomic mass is 9.71. The first kappa shape index (κ1) is 14.9. The van der Waals surface area contributed by atoms with E-state index < -0.39 is 0 Å². The van der Waals surface area contributed by atoms with Gasteiger partial charge in [-0.05, 0) is 23.7 Å². The van der Waals surface area contributed by atoms with Gasteiger partial charge in [0.15, 0.2) is 0 Å². The number of rotatable bonds is 0. The van der Waals surface area contributed by atoms with Gasteiger partial charge in [-0.2, -0.15) is 0 Å². The van der Waals surface area contributed by atoms with Crippen molar-refractivity contribution in [1.82, 2.24) is 0 Å². The van der Waals surface area contributed by atoms with Crippen molar-refractivity contribution in [2.75, 3.05) is 0 Å². The predicted octanol–water partition coefficient (Wildman–Crippen LogP) is 6.73. The maximum Gasteiger partial charge on any atom is -0.0386 e. The Morgan fingerprint density at radius 2 is 0.400 bits per heavy atom. The van der Waals surface area contributed by atoms with Crippen LogP contribution in [0.4, 0.5) is 0 Å². The highest BCUT2D eigenvalue weighted by Gasteiger charge is 2.27. The van der Waals surface area contributed by atoms with Crippen LogP contribution in [0.3, 0.4) is 0 Å². The van der Waals surface area contributed by atoms with Crippen molar-refractivity contribution in [1.29, 1.82) is 0 Å². The average molecular weight is 277 g/mol. The normalized spacial score (nSPS) is 40.8. The molecule has 4 aliphatic rings. The zero-order chi connectivity index (χ0) is 13.6. The Balaban J connectivity index is 0.000000121. The first-order chi connectivity index (χ1) is 9.93. The lowest BCUT2D eigenvalue weighted by Crippen LogP contribution is -2.22. The Labute approximate surface area is 127 Å². The van der Waals surface area contributed by atoms with Gasteiger partial charge in [-0.3, -0.25) is 0 Å². The highest BCUT2D eigenvalue weighted by atomic mass is 14.3. The minimum Gasteiger partial charge on any atom is -0.0530 e. The van der Waals surface area contributed by atoms with Crippen LogP contribution in [0.2, 0.25) is 0 Å². The summed E-state index contributed by atoms with van der Waals surface area (Å²) in [6, 6.07) is 0. The van der Waals surface area contributed by atoms with Gasteiger partial charge in [0.1, 0.15) is 0 Å². The van der Waals surface area contributed by atoms with Crippen LogP contribution in [0, 0.1) is 23.7 Å². The summed E-state index contributed by atoms with van der Waals surface area (Å²) in [5.74, 6) is 4.62. The Morgan fingerprint density at radius 3 is 0.550 bits per heavy atom. The van der Waals surface area contributed by atoms with Crippen molar-refractivity contribution in [3.05, 3.63) is 0 Å². The molecule has 0 radical (unpaired) electrons. The van der Waals surface area contributed by atoms with E-state index in [1.165, 1.54) is 51.4 Å². The van der Waals surface area contributed by atoms with Crippen LogP contribution in [0.15, 0.2) is 0 Å². The molecule has 4 aliphatic carbocycles. The highest BCUT2D eigenvalue weighted by Crippen LogP contribution is 2.40. The molecular weight excluding hydrogens is 240 g/mol. The molecule has 0 aromatic rings. The van der Waals surface area contributed by atoms with E-state index in [4.69, 9.17) is 0 Å². The minimum atomic E-state index is 1.16. The topological polar surface area (TPSA) is 0 Å². The van der Waals surface area contributed by atoms with Gasteiger partial charge in [0, 0.05) is 0 Å². The van der Waals surface area contributed by atoms with Crippen LogP contribution < -0.4 is 0 Å². The molecule has 0 aliphatic heterocycles. The van der Waals surface area contributed by atoms with Gasteiger partial charge in [-0.15, -0.1) is 0 Å². The van der Waals surface area contributed by atoms with Crippen LogP contribution in [0.25, 0.3) is 0 Å². The fourth-order valence-electron chi connectivity index (χ4n) is 5.72. The number of hydrogen-bond donors (Lipinski definition) is 0. The van der Waals surface area contributed by atoms with Crippen molar-refractivity contribution in [2.45, 2.75) is 103 Å². The zero-order valence-electron chi connectivity index (χ0n) is 13.6. The molecule has 116 valence electrons. The molecule has 0 unspecified atom stereocenters. The molecule has 0 aromatic heterocycles. The van der Waals surface area contributed by atoms with Crippen molar-refractivity contribution in [3.8, 4) is 0 Å². The fourth-order valence-corrected chi connectivity index (χ4v) is 5.72. The Kier molecular flexibility index (Phi) is 5.86. The molecule has 0 nitrogen and oxygen atoms in total. The summed E-state index contributed by atoms with van der Waals surface area (Å²) >= 11 is 0. The monoisotopic (exact) mass is 276 g/mol. The summed E-state index contributed by atoms with van der Waals surface area (Å²) in [6.45, 7) is 0. The quantitative estimate of drug-likeness (QED) is 0.460. The molecule has 20 heavy (non-hydrogen) atoms. The van der Waals surface area contributed by atoms with E-state index in [1.54, 1.807) is 51.4 Å². The lowest BCUT2D eigenvalue weighted by molar-refractivity contribution is 0.171. The summed E-state index contributed by atoms with van der Waals surface area (Å²) in [5, 5.41) is 0. The van der Waals surface area contributed by atoms with E-state index in [-0.39, 0.29) is 0 Å². The van der Waals surface area contributed by atoms with Crippen molar-refractivity contribution in [2.24, 2.45) is 23.7 Å². The van der Waals surface area contributed by atoms with E-state index >= 15 is 0 Å². The van der Waals surface area contributed by atoms with Crippen LogP contribution in [0.1, 0.15) is 103 Å². The molecule has 0 bridgehead atoms. The second kappa shape index (κ2) is 7.85. The standard InChI is InChI=1S/2C10H18/c2*1-2-6-10-8-4-3-7-9(10)5-1/h2*9-10H,1-8H2/t9-,10+;. The van der Waals surface area contributed by atoms with Gasteiger partial charge < -0.3 is 0 Å². The number of hydrogen-bond acceptors (Lipinski definition) is 0. The first-order valence-corrected chi connectivity index (χ1v) is 9.93. The minimum absolute atomic E-state index is 1.16. The lowest BCUT2D eigenvalue weighted by Gasteiger charge is -2.35. The molecule has 0 amide bonds. The molecule has 4 fully saturated rings. The third kappa shape index (κ3) is 4.01. The largest absolute Gasteiger partial charge is 0.0530 e. The van der Waals surface area contributed by atoms with E-state index in [9.17, 15) is 0 Å². The van der Waals surface area contributed by atoms with E-state index in [1.807, 2.05) is 0 Å². The van der Waals surface area contributed by atoms with Gasteiger partial charge in [-0.25, -0.2) is 0 Å². The van der Waals surface area contributed by atoms with Gasteiger partial charge in [0.25, 0.3) is 0 Å². The maximum atomic E-state index is 1.56. The molecule has 0 spiro atoms. The molecule has 0 heteroatoms. The molecule has 0 atom stereocenters. The summed E-state index contributed by atoms with van der Waals surface area (Å²) in [4.78, 5) is 0. The Morgan fingerprint density at radius 1 is 0.250 bits per heavy atom. The van der Waals surface area contributed by atoms with Crippen LogP contribution in [-0.4, -0.2) is 0 Å². The second-order valence-corrected chi connectivity index (χ2v) is 8.18. The summed E-state index contributed by atoms with van der Waals surface area (Å²) in [7, 11) is 0. The van der Waals surface area contributed by atoms with Crippen LogP contribution >= 0.6 is 0 Å². The van der Waals surface area contributed by atoms with Gasteiger partial charge in [0.2, 0.25) is 0 Å².